The summed E-state index contributed by atoms with van der Waals surface area (Å²) in [5.41, 5.74) is 8.64. The Labute approximate surface area is 91.1 Å². The fourth-order valence-corrected chi connectivity index (χ4v) is 2.29. The van der Waals surface area contributed by atoms with E-state index < -0.39 is 0 Å². The fourth-order valence-electron chi connectivity index (χ4n) is 2.29. The zero-order valence-corrected chi connectivity index (χ0v) is 9.24. The van der Waals surface area contributed by atoms with Crippen LogP contribution in [0.4, 0.5) is 0 Å². The van der Waals surface area contributed by atoms with Gasteiger partial charge in [0.15, 0.2) is 0 Å². The minimum Gasteiger partial charge on any atom is -0.393 e. The van der Waals surface area contributed by atoms with E-state index in [0.717, 1.165) is 25.7 Å². The molecule has 1 aromatic carbocycles. The summed E-state index contributed by atoms with van der Waals surface area (Å²) in [6.45, 7) is 2.08. The van der Waals surface area contributed by atoms with Gasteiger partial charge < -0.3 is 10.8 Å². The lowest BCUT2D eigenvalue weighted by Gasteiger charge is -2.36. The highest BCUT2D eigenvalue weighted by molar-refractivity contribution is 5.28. The molecule has 0 spiro atoms. The molecule has 1 aromatic rings. The third-order valence-corrected chi connectivity index (χ3v) is 3.47. The second-order valence-electron chi connectivity index (χ2n) is 4.75. The van der Waals surface area contributed by atoms with Gasteiger partial charge >= 0.3 is 0 Å². The Morgan fingerprint density at radius 1 is 1.20 bits per heavy atom. The highest BCUT2D eigenvalue weighted by Gasteiger charge is 2.32. The summed E-state index contributed by atoms with van der Waals surface area (Å²) in [4.78, 5) is 0. The molecule has 2 rings (SSSR count). The van der Waals surface area contributed by atoms with E-state index in [9.17, 15) is 5.11 Å². The van der Waals surface area contributed by atoms with E-state index >= 15 is 0 Å². The van der Waals surface area contributed by atoms with E-state index in [1.165, 1.54) is 11.1 Å². The molecule has 0 heterocycles. The zero-order chi connectivity index (χ0) is 10.9. The molecule has 0 aliphatic heterocycles. The molecule has 0 amide bonds. The predicted molar refractivity (Wildman–Crippen MR) is 61.5 cm³/mol. The van der Waals surface area contributed by atoms with E-state index in [-0.39, 0.29) is 11.6 Å². The van der Waals surface area contributed by atoms with Gasteiger partial charge in [0.2, 0.25) is 0 Å². The fraction of sp³-hybridized carbons (Fsp3) is 0.538. The van der Waals surface area contributed by atoms with Crippen molar-refractivity contribution in [2.24, 2.45) is 5.73 Å². The maximum absolute atomic E-state index is 9.48. The van der Waals surface area contributed by atoms with Crippen molar-refractivity contribution in [1.82, 2.24) is 0 Å². The molecule has 0 atom stereocenters. The van der Waals surface area contributed by atoms with Gasteiger partial charge in [-0.25, -0.2) is 0 Å². The highest BCUT2D eigenvalue weighted by atomic mass is 16.3. The van der Waals surface area contributed by atoms with Gasteiger partial charge in [0.1, 0.15) is 0 Å². The Kier molecular flexibility index (Phi) is 2.81. The minimum absolute atomic E-state index is 0.146. The van der Waals surface area contributed by atoms with Crippen molar-refractivity contribution in [3.05, 3.63) is 35.4 Å². The van der Waals surface area contributed by atoms with Crippen molar-refractivity contribution in [3.63, 3.8) is 0 Å². The number of hydrogen-bond acceptors (Lipinski definition) is 2. The van der Waals surface area contributed by atoms with Crippen molar-refractivity contribution >= 4 is 0 Å². The van der Waals surface area contributed by atoms with Gasteiger partial charge in [0.05, 0.1) is 6.10 Å². The van der Waals surface area contributed by atoms with Crippen LogP contribution < -0.4 is 5.73 Å². The molecule has 0 saturated heterocycles. The van der Waals surface area contributed by atoms with Crippen LogP contribution >= 0.6 is 0 Å². The molecule has 0 aromatic heterocycles. The van der Waals surface area contributed by atoms with Crippen LogP contribution in [0.5, 0.6) is 0 Å². The Balaban J connectivity index is 2.18. The lowest BCUT2D eigenvalue weighted by atomic mass is 9.76. The monoisotopic (exact) mass is 205 g/mol. The van der Waals surface area contributed by atoms with Crippen LogP contribution in [-0.2, 0) is 5.54 Å². The first-order valence-corrected chi connectivity index (χ1v) is 5.64. The number of hydrogen-bond donors (Lipinski definition) is 2. The SMILES string of the molecule is Cc1ccc(C2(N)CCC(O)CC2)cc1. The van der Waals surface area contributed by atoms with Crippen molar-refractivity contribution in [2.75, 3.05) is 0 Å². The van der Waals surface area contributed by atoms with Gasteiger partial charge in [0.25, 0.3) is 0 Å². The molecular weight excluding hydrogens is 186 g/mol. The van der Waals surface area contributed by atoms with E-state index in [4.69, 9.17) is 5.73 Å². The number of nitrogens with two attached hydrogens (primary N) is 1. The normalized spacial score (nSPS) is 31.5. The lowest BCUT2D eigenvalue weighted by molar-refractivity contribution is 0.0969. The smallest absolute Gasteiger partial charge is 0.0541 e. The number of aryl methyl sites for hydroxylation is 1. The van der Waals surface area contributed by atoms with Crippen molar-refractivity contribution < 1.29 is 5.11 Å². The quantitative estimate of drug-likeness (QED) is 0.737. The molecule has 3 N–H and O–H groups in total. The molecule has 0 bridgehead atoms. The van der Waals surface area contributed by atoms with Crippen LogP contribution in [0.1, 0.15) is 36.8 Å². The minimum atomic E-state index is -0.215. The molecule has 15 heavy (non-hydrogen) atoms. The van der Waals surface area contributed by atoms with Crippen LogP contribution in [0.2, 0.25) is 0 Å². The summed E-state index contributed by atoms with van der Waals surface area (Å²) in [5.74, 6) is 0. The van der Waals surface area contributed by atoms with Gasteiger partial charge in [-0.1, -0.05) is 29.8 Å². The molecule has 1 fully saturated rings. The summed E-state index contributed by atoms with van der Waals surface area (Å²) in [6, 6.07) is 8.45. The van der Waals surface area contributed by atoms with E-state index in [0.29, 0.717) is 0 Å². The summed E-state index contributed by atoms with van der Waals surface area (Å²) in [6.07, 6.45) is 3.27. The largest absolute Gasteiger partial charge is 0.393 e. The van der Waals surface area contributed by atoms with Gasteiger partial charge in [0, 0.05) is 5.54 Å². The Bertz CT molecular complexity index is 323. The van der Waals surface area contributed by atoms with Crippen LogP contribution in [0.25, 0.3) is 0 Å². The first kappa shape index (κ1) is 10.7. The number of aliphatic hydroxyl groups is 1. The van der Waals surface area contributed by atoms with Crippen LogP contribution in [-0.4, -0.2) is 11.2 Å². The van der Waals surface area contributed by atoms with Crippen LogP contribution in [0.15, 0.2) is 24.3 Å². The Morgan fingerprint density at radius 2 is 1.73 bits per heavy atom. The molecule has 2 nitrogen and oxygen atoms in total. The van der Waals surface area contributed by atoms with E-state index in [1.807, 2.05) is 0 Å². The summed E-state index contributed by atoms with van der Waals surface area (Å²) in [5, 5.41) is 9.48. The van der Waals surface area contributed by atoms with Gasteiger partial charge in [-0.3, -0.25) is 0 Å². The number of benzene rings is 1. The van der Waals surface area contributed by atoms with Gasteiger partial charge in [-0.15, -0.1) is 0 Å². The molecule has 0 unspecified atom stereocenters. The third kappa shape index (κ3) is 2.21. The van der Waals surface area contributed by atoms with Gasteiger partial charge in [-0.2, -0.15) is 0 Å². The Hall–Kier alpha value is -0.860. The molecule has 2 heteroatoms. The molecule has 1 aliphatic rings. The molecule has 82 valence electrons. The average molecular weight is 205 g/mol. The van der Waals surface area contributed by atoms with Crippen molar-refractivity contribution in [3.8, 4) is 0 Å². The van der Waals surface area contributed by atoms with Crippen LogP contribution in [0, 0.1) is 6.92 Å². The predicted octanol–water partition coefficient (Wildman–Crippen LogP) is 2.08. The van der Waals surface area contributed by atoms with E-state index in [1.54, 1.807) is 0 Å². The lowest BCUT2D eigenvalue weighted by Crippen LogP contribution is -2.41. The zero-order valence-electron chi connectivity index (χ0n) is 9.24. The number of aliphatic hydroxyl groups excluding tert-OH is 1. The first-order valence-electron chi connectivity index (χ1n) is 5.64. The average Bonchev–Trinajstić information content (AvgIpc) is 2.24. The van der Waals surface area contributed by atoms with E-state index in [2.05, 4.69) is 31.2 Å². The third-order valence-electron chi connectivity index (χ3n) is 3.47. The van der Waals surface area contributed by atoms with Crippen LogP contribution in [0.3, 0.4) is 0 Å². The van der Waals surface area contributed by atoms with Crippen molar-refractivity contribution in [2.45, 2.75) is 44.2 Å². The van der Waals surface area contributed by atoms with Crippen molar-refractivity contribution in [1.29, 1.82) is 0 Å². The number of rotatable bonds is 1. The summed E-state index contributed by atoms with van der Waals surface area (Å²) in [7, 11) is 0. The maximum atomic E-state index is 9.48. The molecule has 1 saturated carbocycles. The highest BCUT2D eigenvalue weighted by Crippen LogP contribution is 2.34. The Morgan fingerprint density at radius 3 is 2.27 bits per heavy atom. The second-order valence-corrected chi connectivity index (χ2v) is 4.75. The summed E-state index contributed by atoms with van der Waals surface area (Å²) >= 11 is 0. The second kappa shape index (κ2) is 3.95. The molecule has 0 radical (unpaired) electrons. The first-order chi connectivity index (χ1) is 7.10. The van der Waals surface area contributed by atoms with Gasteiger partial charge in [-0.05, 0) is 38.2 Å². The topological polar surface area (TPSA) is 46.2 Å². The molecular formula is C13H19NO. The standard InChI is InChI=1S/C13H19NO/c1-10-2-4-11(5-3-10)13(14)8-6-12(15)7-9-13/h2-5,12,15H,6-9,14H2,1H3. The summed E-state index contributed by atoms with van der Waals surface area (Å²) < 4.78 is 0. The molecule has 1 aliphatic carbocycles. The maximum Gasteiger partial charge on any atom is 0.0541 e.